The molecule has 3 rings (SSSR count). The van der Waals surface area contributed by atoms with Gasteiger partial charge in [-0.1, -0.05) is 6.07 Å². The van der Waals surface area contributed by atoms with Gasteiger partial charge < -0.3 is 10.6 Å². The summed E-state index contributed by atoms with van der Waals surface area (Å²) in [4.78, 5) is 16.6. The van der Waals surface area contributed by atoms with Crippen molar-refractivity contribution in [1.29, 1.82) is 0 Å². The summed E-state index contributed by atoms with van der Waals surface area (Å²) in [5.41, 5.74) is 2.35. The third kappa shape index (κ3) is 2.25. The number of fused-ring (bicyclic) bond motifs is 1. The molecule has 1 saturated heterocycles. The Morgan fingerprint density at radius 3 is 3.17 bits per heavy atom. The summed E-state index contributed by atoms with van der Waals surface area (Å²) in [6.07, 6.45) is 7.07. The standard InChI is InChI=1S/C14H19N3O/c18-14(12-7-3-8-15-12)17-11-6-1-4-10-5-2-9-16-13(10)11/h2,5,9,11-12,15H,1,3-4,6-8H2,(H,17,18)/t11?,12-/m0/s1. The van der Waals surface area contributed by atoms with E-state index in [4.69, 9.17) is 0 Å². The van der Waals surface area contributed by atoms with Crippen LogP contribution in [-0.4, -0.2) is 23.5 Å². The Labute approximate surface area is 107 Å². The van der Waals surface area contributed by atoms with Gasteiger partial charge in [0.2, 0.25) is 5.91 Å². The van der Waals surface area contributed by atoms with E-state index in [1.54, 1.807) is 0 Å². The van der Waals surface area contributed by atoms with Crippen LogP contribution in [0.3, 0.4) is 0 Å². The van der Waals surface area contributed by atoms with E-state index in [1.165, 1.54) is 5.56 Å². The normalized spacial score (nSPS) is 26.7. The highest BCUT2D eigenvalue weighted by Crippen LogP contribution is 2.27. The summed E-state index contributed by atoms with van der Waals surface area (Å²) in [6.45, 7) is 0.956. The fourth-order valence-corrected chi connectivity index (χ4v) is 2.93. The van der Waals surface area contributed by atoms with Gasteiger partial charge in [0.25, 0.3) is 0 Å². The Bertz CT molecular complexity index is 440. The van der Waals surface area contributed by atoms with Gasteiger partial charge in [0.15, 0.2) is 0 Å². The zero-order valence-corrected chi connectivity index (χ0v) is 10.5. The molecular formula is C14H19N3O. The van der Waals surface area contributed by atoms with Gasteiger partial charge >= 0.3 is 0 Å². The van der Waals surface area contributed by atoms with Crippen molar-refractivity contribution in [2.45, 2.75) is 44.2 Å². The Kier molecular flexibility index (Phi) is 3.28. The molecule has 2 heterocycles. The molecule has 1 fully saturated rings. The molecule has 1 aromatic rings. The maximum absolute atomic E-state index is 12.1. The summed E-state index contributed by atoms with van der Waals surface area (Å²) >= 11 is 0. The third-order valence-corrected chi connectivity index (χ3v) is 3.89. The van der Waals surface area contributed by atoms with Crippen molar-refractivity contribution < 1.29 is 4.79 Å². The lowest BCUT2D eigenvalue weighted by Gasteiger charge is -2.26. The predicted octanol–water partition coefficient (Wildman–Crippen LogP) is 1.33. The highest BCUT2D eigenvalue weighted by Gasteiger charge is 2.27. The van der Waals surface area contributed by atoms with Crippen molar-refractivity contribution in [3.63, 3.8) is 0 Å². The molecule has 4 nitrogen and oxygen atoms in total. The van der Waals surface area contributed by atoms with E-state index in [0.29, 0.717) is 0 Å². The number of rotatable bonds is 2. The number of nitrogens with one attached hydrogen (secondary N) is 2. The first-order chi connectivity index (χ1) is 8.84. The van der Waals surface area contributed by atoms with Crippen LogP contribution < -0.4 is 10.6 Å². The first-order valence-corrected chi connectivity index (χ1v) is 6.82. The molecule has 18 heavy (non-hydrogen) atoms. The summed E-state index contributed by atoms with van der Waals surface area (Å²) in [5.74, 6) is 0.135. The smallest absolute Gasteiger partial charge is 0.237 e. The molecule has 0 bridgehead atoms. The zero-order chi connectivity index (χ0) is 12.4. The van der Waals surface area contributed by atoms with Crippen LogP contribution in [0.5, 0.6) is 0 Å². The van der Waals surface area contributed by atoms with Crippen LogP contribution >= 0.6 is 0 Å². The van der Waals surface area contributed by atoms with Crippen molar-refractivity contribution in [2.24, 2.45) is 0 Å². The van der Waals surface area contributed by atoms with Gasteiger partial charge in [-0.2, -0.15) is 0 Å². The lowest BCUT2D eigenvalue weighted by molar-refractivity contribution is -0.123. The van der Waals surface area contributed by atoms with Gasteiger partial charge in [0.05, 0.1) is 17.8 Å². The molecule has 2 N–H and O–H groups in total. The first-order valence-electron chi connectivity index (χ1n) is 6.82. The molecule has 96 valence electrons. The number of carbonyl (C=O) groups is 1. The Morgan fingerprint density at radius 1 is 1.39 bits per heavy atom. The minimum absolute atomic E-state index is 0.000844. The van der Waals surface area contributed by atoms with E-state index >= 15 is 0 Å². The van der Waals surface area contributed by atoms with Crippen LogP contribution in [0.15, 0.2) is 18.3 Å². The summed E-state index contributed by atoms with van der Waals surface area (Å²) in [6, 6.07) is 4.19. The third-order valence-electron chi connectivity index (χ3n) is 3.89. The molecule has 1 aliphatic heterocycles. The van der Waals surface area contributed by atoms with Crippen molar-refractivity contribution in [3.8, 4) is 0 Å². The molecule has 2 aliphatic rings. The lowest BCUT2D eigenvalue weighted by Crippen LogP contribution is -2.43. The second-order valence-corrected chi connectivity index (χ2v) is 5.15. The predicted molar refractivity (Wildman–Crippen MR) is 69.1 cm³/mol. The minimum atomic E-state index is -0.000844. The van der Waals surface area contributed by atoms with Crippen molar-refractivity contribution >= 4 is 5.91 Å². The Hall–Kier alpha value is -1.42. The van der Waals surface area contributed by atoms with Crippen molar-refractivity contribution in [2.75, 3.05) is 6.54 Å². The molecule has 1 aliphatic carbocycles. The van der Waals surface area contributed by atoms with E-state index in [2.05, 4.69) is 21.7 Å². The van der Waals surface area contributed by atoms with E-state index in [9.17, 15) is 4.79 Å². The van der Waals surface area contributed by atoms with Crippen LogP contribution in [-0.2, 0) is 11.2 Å². The molecule has 0 radical (unpaired) electrons. The van der Waals surface area contributed by atoms with Crippen LogP contribution in [0.4, 0.5) is 0 Å². The van der Waals surface area contributed by atoms with Crippen molar-refractivity contribution in [3.05, 3.63) is 29.6 Å². The monoisotopic (exact) mass is 245 g/mol. The van der Waals surface area contributed by atoms with Crippen LogP contribution in [0.25, 0.3) is 0 Å². The number of carbonyl (C=O) groups excluding carboxylic acids is 1. The maximum Gasteiger partial charge on any atom is 0.237 e. The second-order valence-electron chi connectivity index (χ2n) is 5.15. The number of pyridine rings is 1. The van der Waals surface area contributed by atoms with E-state index < -0.39 is 0 Å². The van der Waals surface area contributed by atoms with Gasteiger partial charge in [-0.25, -0.2) is 0 Å². The van der Waals surface area contributed by atoms with Crippen LogP contribution in [0.2, 0.25) is 0 Å². The number of nitrogens with zero attached hydrogens (tertiary/aromatic N) is 1. The van der Waals surface area contributed by atoms with E-state index in [1.807, 2.05) is 12.3 Å². The number of aryl methyl sites for hydroxylation is 1. The van der Waals surface area contributed by atoms with Gasteiger partial charge in [-0.15, -0.1) is 0 Å². The molecular weight excluding hydrogens is 226 g/mol. The molecule has 2 atom stereocenters. The summed E-state index contributed by atoms with van der Waals surface area (Å²) in [7, 11) is 0. The summed E-state index contributed by atoms with van der Waals surface area (Å²) in [5, 5.41) is 6.39. The molecule has 0 spiro atoms. The van der Waals surface area contributed by atoms with Gasteiger partial charge in [-0.05, 0) is 50.3 Å². The van der Waals surface area contributed by atoms with Gasteiger partial charge in [-0.3, -0.25) is 9.78 Å². The average molecular weight is 245 g/mol. The highest BCUT2D eigenvalue weighted by molar-refractivity contribution is 5.82. The second kappa shape index (κ2) is 5.06. The largest absolute Gasteiger partial charge is 0.346 e. The minimum Gasteiger partial charge on any atom is -0.346 e. The lowest BCUT2D eigenvalue weighted by atomic mass is 9.91. The number of hydrogen-bond acceptors (Lipinski definition) is 3. The SMILES string of the molecule is O=C(NC1CCCc2cccnc21)[C@@H]1CCCN1. The molecule has 1 amide bonds. The zero-order valence-electron chi connectivity index (χ0n) is 10.5. The maximum atomic E-state index is 12.1. The number of hydrogen-bond donors (Lipinski definition) is 2. The molecule has 0 aromatic carbocycles. The van der Waals surface area contributed by atoms with Crippen LogP contribution in [0.1, 0.15) is 43.0 Å². The fourth-order valence-electron chi connectivity index (χ4n) is 2.93. The Balaban J connectivity index is 1.72. The van der Waals surface area contributed by atoms with Crippen LogP contribution in [0, 0.1) is 0 Å². The molecule has 1 unspecified atom stereocenters. The first kappa shape index (κ1) is 11.7. The fraction of sp³-hybridized carbons (Fsp3) is 0.571. The Morgan fingerprint density at radius 2 is 2.33 bits per heavy atom. The van der Waals surface area contributed by atoms with Crippen molar-refractivity contribution in [1.82, 2.24) is 15.6 Å². The number of aromatic nitrogens is 1. The van der Waals surface area contributed by atoms with E-state index in [-0.39, 0.29) is 18.0 Å². The summed E-state index contributed by atoms with van der Waals surface area (Å²) < 4.78 is 0. The van der Waals surface area contributed by atoms with Gasteiger partial charge in [0.1, 0.15) is 0 Å². The molecule has 4 heteroatoms. The van der Waals surface area contributed by atoms with E-state index in [0.717, 1.165) is 44.3 Å². The highest BCUT2D eigenvalue weighted by atomic mass is 16.2. The number of amides is 1. The average Bonchev–Trinajstić information content (AvgIpc) is 2.93. The molecule has 0 saturated carbocycles. The molecule has 1 aromatic heterocycles. The quantitative estimate of drug-likeness (QED) is 0.826. The van der Waals surface area contributed by atoms with Gasteiger partial charge in [0, 0.05) is 6.20 Å². The topological polar surface area (TPSA) is 54.0 Å².